The standard InChI is InChI=1S/C29H34Cl2F2N8O/c1-16-13-39(17(2)12-38(16)25(20-10-29(32,33)11-20)19-6-7-22(30)23(31)9-19)26-24-27(41-15-34-37-28(41)36-26)40(18(3)35-24)14-21-5-4-8-42-21/h6-7,9,15-17,20-21,25H,4-5,8,10-14H2,1-3H3/t16-,17+,21?,25+/m1/s1. The number of rotatable bonds is 6. The van der Waals surface area contributed by atoms with Crippen LogP contribution in [-0.2, 0) is 11.3 Å². The molecule has 1 saturated carbocycles. The van der Waals surface area contributed by atoms with Crippen LogP contribution in [0.15, 0.2) is 24.5 Å². The Hall–Kier alpha value is -2.60. The van der Waals surface area contributed by atoms with Crippen molar-refractivity contribution in [3.63, 3.8) is 0 Å². The van der Waals surface area contributed by atoms with Crippen LogP contribution in [0.25, 0.3) is 16.9 Å². The maximum atomic E-state index is 14.1. The number of halogens is 4. The van der Waals surface area contributed by atoms with E-state index in [1.54, 1.807) is 12.4 Å². The number of alkyl halides is 2. The van der Waals surface area contributed by atoms with Crippen molar-refractivity contribution in [3.05, 3.63) is 46.0 Å². The largest absolute Gasteiger partial charge is 0.376 e. The molecule has 13 heteroatoms. The maximum absolute atomic E-state index is 14.1. The minimum Gasteiger partial charge on any atom is -0.376 e. The van der Waals surface area contributed by atoms with E-state index < -0.39 is 5.92 Å². The van der Waals surface area contributed by atoms with Crippen LogP contribution >= 0.6 is 23.2 Å². The van der Waals surface area contributed by atoms with E-state index in [2.05, 4.69) is 38.4 Å². The first-order valence-electron chi connectivity index (χ1n) is 14.6. The molecule has 224 valence electrons. The molecule has 3 fully saturated rings. The second-order valence-corrected chi connectivity index (χ2v) is 13.0. The monoisotopic (exact) mass is 618 g/mol. The van der Waals surface area contributed by atoms with E-state index >= 15 is 0 Å². The molecule has 1 aliphatic carbocycles. The second-order valence-electron chi connectivity index (χ2n) is 12.2. The number of aryl methyl sites for hydroxylation is 1. The van der Waals surface area contributed by atoms with Gasteiger partial charge in [-0.15, -0.1) is 10.2 Å². The molecule has 1 unspecified atom stereocenters. The first-order chi connectivity index (χ1) is 20.1. The Morgan fingerprint density at radius 1 is 1.10 bits per heavy atom. The van der Waals surface area contributed by atoms with Crippen molar-refractivity contribution < 1.29 is 13.5 Å². The number of ether oxygens (including phenoxy) is 1. The molecule has 0 radical (unpaired) electrons. The van der Waals surface area contributed by atoms with E-state index in [-0.39, 0.29) is 43.0 Å². The third-order valence-electron chi connectivity index (χ3n) is 9.23. The molecule has 2 aliphatic heterocycles. The zero-order valence-corrected chi connectivity index (χ0v) is 25.4. The highest BCUT2D eigenvalue weighted by atomic mass is 35.5. The van der Waals surface area contributed by atoms with Gasteiger partial charge in [0.1, 0.15) is 17.7 Å². The molecule has 0 spiro atoms. The van der Waals surface area contributed by atoms with Crippen molar-refractivity contribution >= 4 is 46.0 Å². The summed E-state index contributed by atoms with van der Waals surface area (Å²) in [6, 6.07) is 5.39. The molecule has 4 atom stereocenters. The number of fused-ring (bicyclic) bond motifs is 3. The topological polar surface area (TPSA) is 76.6 Å². The summed E-state index contributed by atoms with van der Waals surface area (Å²) < 4.78 is 38.3. The van der Waals surface area contributed by atoms with Gasteiger partial charge in [-0.2, -0.15) is 4.98 Å². The van der Waals surface area contributed by atoms with E-state index in [1.165, 1.54) is 0 Å². The van der Waals surface area contributed by atoms with E-state index in [9.17, 15) is 8.78 Å². The van der Waals surface area contributed by atoms with Gasteiger partial charge in [0, 0.05) is 50.7 Å². The third-order valence-corrected chi connectivity index (χ3v) is 9.97. The summed E-state index contributed by atoms with van der Waals surface area (Å²) in [5.41, 5.74) is 2.62. The molecule has 4 aromatic rings. The van der Waals surface area contributed by atoms with Crippen LogP contribution < -0.4 is 4.90 Å². The van der Waals surface area contributed by atoms with E-state index in [0.29, 0.717) is 35.5 Å². The van der Waals surface area contributed by atoms with Crippen molar-refractivity contribution in [3.8, 4) is 0 Å². The maximum Gasteiger partial charge on any atom is 0.258 e. The van der Waals surface area contributed by atoms with E-state index in [1.807, 2.05) is 23.5 Å². The van der Waals surface area contributed by atoms with Crippen LogP contribution in [0.4, 0.5) is 14.6 Å². The fourth-order valence-electron chi connectivity index (χ4n) is 7.16. The SMILES string of the molecule is Cc1nc2c(N3C[C@@H](C)N([C@@H](c4ccc(Cl)c(Cl)c4)C4CC(F)(F)C4)C[C@@H]3C)nc3nncn3c2n1CC1CCCO1. The van der Waals surface area contributed by atoms with Gasteiger partial charge in [-0.05, 0) is 57.2 Å². The normalized spacial score (nSPS) is 25.9. The van der Waals surface area contributed by atoms with Crippen molar-refractivity contribution in [2.75, 3.05) is 24.6 Å². The smallest absolute Gasteiger partial charge is 0.258 e. The number of benzene rings is 1. The molecule has 0 amide bonds. The fourth-order valence-corrected chi connectivity index (χ4v) is 7.46. The van der Waals surface area contributed by atoms with Crippen molar-refractivity contribution in [2.45, 2.75) is 83.2 Å². The Balaban J connectivity index is 1.24. The molecule has 1 aromatic carbocycles. The van der Waals surface area contributed by atoms with Crippen LogP contribution in [-0.4, -0.2) is 77.8 Å². The second kappa shape index (κ2) is 10.5. The number of nitrogens with zero attached hydrogens (tertiary/aromatic N) is 8. The Labute approximate surface area is 252 Å². The highest BCUT2D eigenvalue weighted by Crippen LogP contribution is 2.51. The summed E-state index contributed by atoms with van der Waals surface area (Å²) in [7, 11) is 0. The Bertz CT molecular complexity index is 1630. The third kappa shape index (κ3) is 4.82. The number of imidazole rings is 1. The number of aromatic nitrogens is 6. The minimum atomic E-state index is -2.63. The number of piperazine rings is 1. The van der Waals surface area contributed by atoms with Crippen LogP contribution in [0.1, 0.15) is 57.0 Å². The van der Waals surface area contributed by atoms with Gasteiger partial charge in [0.25, 0.3) is 5.78 Å². The van der Waals surface area contributed by atoms with Gasteiger partial charge in [-0.3, -0.25) is 4.90 Å². The summed E-state index contributed by atoms with van der Waals surface area (Å²) in [5, 5.41) is 9.35. The minimum absolute atomic E-state index is 0.0248. The lowest BCUT2D eigenvalue weighted by atomic mass is 9.73. The predicted octanol–water partition coefficient (Wildman–Crippen LogP) is 5.95. The average molecular weight is 620 g/mol. The molecular weight excluding hydrogens is 585 g/mol. The van der Waals surface area contributed by atoms with Crippen molar-refractivity contribution in [2.24, 2.45) is 5.92 Å². The molecule has 2 saturated heterocycles. The van der Waals surface area contributed by atoms with Gasteiger partial charge in [0.15, 0.2) is 11.5 Å². The van der Waals surface area contributed by atoms with Gasteiger partial charge in [0.05, 0.1) is 22.7 Å². The number of hydrogen-bond acceptors (Lipinski definition) is 7. The molecule has 42 heavy (non-hydrogen) atoms. The molecular formula is C29H34Cl2F2N8O. The molecule has 0 N–H and O–H groups in total. The quantitative estimate of drug-likeness (QED) is 0.264. The number of anilines is 1. The van der Waals surface area contributed by atoms with Gasteiger partial charge in [-0.25, -0.2) is 18.2 Å². The molecule has 0 bridgehead atoms. The van der Waals surface area contributed by atoms with Gasteiger partial charge in [-0.1, -0.05) is 29.3 Å². The zero-order valence-electron chi connectivity index (χ0n) is 23.9. The molecule has 9 nitrogen and oxygen atoms in total. The summed E-state index contributed by atoms with van der Waals surface area (Å²) in [4.78, 5) is 14.6. The summed E-state index contributed by atoms with van der Waals surface area (Å²) in [6.07, 6.45) is 3.64. The highest BCUT2D eigenvalue weighted by Gasteiger charge is 2.51. The van der Waals surface area contributed by atoms with Crippen molar-refractivity contribution in [1.82, 2.24) is 34.0 Å². The van der Waals surface area contributed by atoms with E-state index in [0.717, 1.165) is 47.8 Å². The van der Waals surface area contributed by atoms with Crippen molar-refractivity contribution in [1.29, 1.82) is 0 Å². The fraction of sp³-hybridized carbons (Fsp3) is 0.586. The van der Waals surface area contributed by atoms with Gasteiger partial charge >= 0.3 is 0 Å². The Morgan fingerprint density at radius 2 is 1.90 bits per heavy atom. The van der Waals surface area contributed by atoms with Gasteiger partial charge in [0.2, 0.25) is 5.92 Å². The average Bonchev–Trinajstić information content (AvgIpc) is 3.68. The first kappa shape index (κ1) is 28.2. The van der Waals surface area contributed by atoms with Crippen LogP contribution in [0, 0.1) is 12.8 Å². The summed E-state index contributed by atoms with van der Waals surface area (Å²) >= 11 is 12.6. The van der Waals surface area contributed by atoms with E-state index in [4.69, 9.17) is 37.9 Å². The van der Waals surface area contributed by atoms with Crippen LogP contribution in [0.2, 0.25) is 10.0 Å². The molecule has 3 aromatic heterocycles. The Kier molecular flexibility index (Phi) is 7.07. The summed E-state index contributed by atoms with van der Waals surface area (Å²) in [5.74, 6) is -0.640. The number of hydrogen-bond donors (Lipinski definition) is 0. The zero-order chi connectivity index (χ0) is 29.3. The Morgan fingerprint density at radius 3 is 2.62 bits per heavy atom. The van der Waals surface area contributed by atoms with Crippen LogP contribution in [0.3, 0.4) is 0 Å². The lowest BCUT2D eigenvalue weighted by Crippen LogP contribution is -2.59. The predicted molar refractivity (Wildman–Crippen MR) is 158 cm³/mol. The highest BCUT2D eigenvalue weighted by molar-refractivity contribution is 6.42. The summed E-state index contributed by atoms with van der Waals surface area (Å²) in [6.45, 7) is 9.10. The molecule has 3 aliphatic rings. The lowest BCUT2D eigenvalue weighted by molar-refractivity contribution is -0.137. The first-order valence-corrected chi connectivity index (χ1v) is 15.4. The van der Waals surface area contributed by atoms with Gasteiger partial charge < -0.3 is 14.2 Å². The molecule has 7 rings (SSSR count). The lowest BCUT2D eigenvalue weighted by Gasteiger charge is -2.52. The van der Waals surface area contributed by atoms with Crippen LogP contribution in [0.5, 0.6) is 0 Å². The molecule has 5 heterocycles.